The first-order valence-electron chi connectivity index (χ1n) is 17.8. The lowest BCUT2D eigenvalue weighted by molar-refractivity contribution is -0.134. The molecule has 0 saturated carbocycles. The summed E-state index contributed by atoms with van der Waals surface area (Å²) < 4.78 is 25.9. The summed E-state index contributed by atoms with van der Waals surface area (Å²) in [5.41, 5.74) is 3.85. The van der Waals surface area contributed by atoms with Crippen molar-refractivity contribution in [2.75, 3.05) is 59.9 Å². The van der Waals surface area contributed by atoms with Crippen LogP contribution in [0.2, 0.25) is 0 Å². The first kappa shape index (κ1) is 43.9. The number of nitrogens with zero attached hydrogens (tertiary/aromatic N) is 4. The molecule has 17 heteroatoms. The molecule has 1 spiro atoms. The highest BCUT2D eigenvalue weighted by atomic mass is 31.2. The summed E-state index contributed by atoms with van der Waals surface area (Å²) in [6.07, 6.45) is 8.49. The van der Waals surface area contributed by atoms with Crippen molar-refractivity contribution in [2.45, 2.75) is 43.1 Å². The fraction of sp³-hybridized carbons (Fsp3) is 0.410. The monoisotopic (exact) mass is 798 g/mol. The Hall–Kier alpha value is -4.80. The van der Waals surface area contributed by atoms with Gasteiger partial charge >= 0.3 is 19.8 Å². The molecule has 304 valence electrons. The van der Waals surface area contributed by atoms with Crippen molar-refractivity contribution in [1.29, 1.82) is 0 Å². The van der Waals surface area contributed by atoms with Gasteiger partial charge in [-0.3, -0.25) is 0 Å². The first-order valence-corrected chi connectivity index (χ1v) is 19.3. The maximum Gasteiger partial charge on any atom is 0.466 e. The number of carbonyl (C=O) groups is 2. The number of aliphatic hydroxyl groups is 1. The number of aliphatic carboxylic acids is 2. The lowest BCUT2D eigenvalue weighted by atomic mass is 9.53. The van der Waals surface area contributed by atoms with E-state index in [1.165, 1.54) is 16.7 Å². The lowest BCUT2D eigenvalue weighted by Crippen LogP contribution is -2.64. The highest BCUT2D eigenvalue weighted by molar-refractivity contribution is 7.45. The number of likely N-dealkylation sites (tertiary alicyclic amines) is 1. The van der Waals surface area contributed by atoms with Crippen LogP contribution in [0.1, 0.15) is 23.1 Å². The molecule has 0 unspecified atom stereocenters. The van der Waals surface area contributed by atoms with E-state index < -0.39 is 25.9 Å². The predicted octanol–water partition coefficient (Wildman–Crippen LogP) is 2.94. The Morgan fingerprint density at radius 1 is 0.982 bits per heavy atom. The number of methoxy groups -OCH3 is 2. The molecule has 1 aromatic heterocycles. The summed E-state index contributed by atoms with van der Waals surface area (Å²) >= 11 is 0. The van der Waals surface area contributed by atoms with Gasteiger partial charge in [-0.1, -0.05) is 36.4 Å². The van der Waals surface area contributed by atoms with Gasteiger partial charge < -0.3 is 58.9 Å². The standard InChI is InChI=1S/C18H21NO3.C17H23N3O.C4H4O4.H3O4P/c1-19-8-7-18-11-4-5-13(20)17(18)22-16-14(21-2)6-3-10(15(16)18)9-12(11)19;1-19(2)12-13-20(17-6-4-5-11-18-17)14-15-7-9-16(21-3)10-8-15;5-3(6)1-2-4(7)8;1-5(2,3)4/h3-6,11-13,17,20H,7-9H2,1-2H3;4-11H,12-14H2,1-3H3;1-2H,(H,5,6)(H,7,8);(H3,1,2,3,4)/b;;2-1-;/t11-,12+,13-,17-,18-;;;/m0.../s1. The smallest absolute Gasteiger partial charge is 0.466 e. The van der Waals surface area contributed by atoms with Crippen LogP contribution in [0.4, 0.5) is 5.82 Å². The van der Waals surface area contributed by atoms with E-state index in [0.717, 1.165) is 62.1 Å². The van der Waals surface area contributed by atoms with Gasteiger partial charge in [0.05, 0.1) is 14.2 Å². The Kier molecular flexibility index (Phi) is 15.2. The van der Waals surface area contributed by atoms with Gasteiger partial charge in [0.15, 0.2) is 11.5 Å². The van der Waals surface area contributed by atoms with Gasteiger partial charge in [-0.05, 0) is 82.0 Å². The summed E-state index contributed by atoms with van der Waals surface area (Å²) in [6.45, 7) is 3.83. The number of piperidine rings is 1. The van der Waals surface area contributed by atoms with Crippen LogP contribution < -0.4 is 19.1 Å². The number of hydrogen-bond acceptors (Lipinski definition) is 11. The van der Waals surface area contributed by atoms with Gasteiger partial charge in [0.25, 0.3) is 0 Å². The molecular weight excluding hydrogens is 747 g/mol. The molecule has 2 aliphatic carbocycles. The number of aliphatic hydroxyl groups excluding tert-OH is 1. The number of likely N-dealkylation sites (N-methyl/N-ethyl adjacent to an activating group) is 2. The molecule has 2 bridgehead atoms. The Morgan fingerprint density at radius 2 is 1.64 bits per heavy atom. The minimum absolute atomic E-state index is 0.0806. The molecule has 5 atom stereocenters. The van der Waals surface area contributed by atoms with Crippen molar-refractivity contribution < 1.29 is 58.4 Å². The number of pyridine rings is 1. The molecule has 3 heterocycles. The number of anilines is 1. The summed E-state index contributed by atoms with van der Waals surface area (Å²) in [7, 11) is 5.13. The zero-order valence-electron chi connectivity index (χ0n) is 32.0. The molecule has 2 aromatic carbocycles. The summed E-state index contributed by atoms with van der Waals surface area (Å²) in [4.78, 5) is 52.1. The van der Waals surface area contributed by atoms with Crippen molar-refractivity contribution in [2.24, 2.45) is 5.92 Å². The third-order valence-corrected chi connectivity index (χ3v) is 10.0. The molecule has 56 heavy (non-hydrogen) atoms. The zero-order chi connectivity index (χ0) is 41.2. The number of hydrogen-bond donors (Lipinski definition) is 6. The van der Waals surface area contributed by atoms with Crippen LogP contribution in [0.5, 0.6) is 17.2 Å². The van der Waals surface area contributed by atoms with Gasteiger partial charge in [0.1, 0.15) is 23.8 Å². The zero-order valence-corrected chi connectivity index (χ0v) is 32.9. The second-order valence-corrected chi connectivity index (χ2v) is 14.9. The van der Waals surface area contributed by atoms with E-state index in [-0.39, 0.29) is 11.5 Å². The molecule has 0 amide bonds. The van der Waals surface area contributed by atoms with Crippen LogP contribution in [0.3, 0.4) is 0 Å². The highest BCUT2D eigenvalue weighted by Crippen LogP contribution is 2.62. The molecule has 7 rings (SSSR count). The Balaban J connectivity index is 0.000000191. The molecule has 4 aliphatic rings. The molecule has 1 saturated heterocycles. The third-order valence-electron chi connectivity index (χ3n) is 10.0. The van der Waals surface area contributed by atoms with E-state index >= 15 is 0 Å². The van der Waals surface area contributed by atoms with Crippen molar-refractivity contribution in [3.05, 3.63) is 102 Å². The van der Waals surface area contributed by atoms with Crippen molar-refractivity contribution in [3.8, 4) is 17.2 Å². The second-order valence-electron chi connectivity index (χ2n) is 13.9. The van der Waals surface area contributed by atoms with Crippen molar-refractivity contribution in [3.63, 3.8) is 0 Å². The second kappa shape index (κ2) is 19.4. The molecule has 6 N–H and O–H groups in total. The number of carboxylic acids is 2. The van der Waals surface area contributed by atoms with Gasteiger partial charge in [-0.15, -0.1) is 0 Å². The van der Waals surface area contributed by atoms with E-state index in [2.05, 4.69) is 71.2 Å². The fourth-order valence-corrected chi connectivity index (χ4v) is 7.62. The van der Waals surface area contributed by atoms with Gasteiger partial charge in [0, 0.05) is 60.9 Å². The highest BCUT2D eigenvalue weighted by Gasteiger charge is 2.64. The molecule has 2 aliphatic heterocycles. The summed E-state index contributed by atoms with van der Waals surface area (Å²) in [6, 6.07) is 18.9. The van der Waals surface area contributed by atoms with E-state index in [9.17, 15) is 14.7 Å². The first-order chi connectivity index (χ1) is 26.5. The topological polar surface area (TPSA) is 223 Å². The number of benzene rings is 2. The maximum absolute atomic E-state index is 10.6. The quantitative estimate of drug-likeness (QED) is 0.0986. The normalized spacial score (nSPS) is 22.5. The largest absolute Gasteiger partial charge is 0.497 e. The Labute approximate surface area is 326 Å². The van der Waals surface area contributed by atoms with Crippen LogP contribution in [0, 0.1) is 5.92 Å². The number of rotatable bonds is 10. The number of aromatic nitrogens is 1. The summed E-state index contributed by atoms with van der Waals surface area (Å²) in [5.74, 6) is 1.47. The molecule has 3 aromatic rings. The van der Waals surface area contributed by atoms with E-state index in [4.69, 9.17) is 43.7 Å². The minimum atomic E-state index is -4.64. The Morgan fingerprint density at radius 3 is 2.20 bits per heavy atom. The fourth-order valence-electron chi connectivity index (χ4n) is 7.62. The van der Waals surface area contributed by atoms with Gasteiger partial charge in [0.2, 0.25) is 0 Å². The van der Waals surface area contributed by atoms with E-state index in [1.807, 2.05) is 42.6 Å². The number of carboxylic acid groups (broad SMARTS) is 2. The lowest BCUT2D eigenvalue weighted by Gasteiger charge is -2.56. The van der Waals surface area contributed by atoms with Crippen LogP contribution in [0.15, 0.2) is 85.1 Å². The number of ether oxygens (including phenoxy) is 3. The van der Waals surface area contributed by atoms with E-state index in [0.29, 0.717) is 24.1 Å². The molecule has 16 nitrogen and oxygen atoms in total. The maximum atomic E-state index is 10.6. The molecule has 1 fully saturated rings. The Bertz CT molecular complexity index is 1860. The minimum Gasteiger partial charge on any atom is -0.497 e. The van der Waals surface area contributed by atoms with Crippen molar-refractivity contribution >= 4 is 25.6 Å². The van der Waals surface area contributed by atoms with Crippen molar-refractivity contribution in [1.82, 2.24) is 14.8 Å². The van der Waals surface area contributed by atoms with E-state index in [1.54, 1.807) is 14.2 Å². The van der Waals surface area contributed by atoms with Crippen LogP contribution in [-0.2, 0) is 32.5 Å². The molecule has 0 radical (unpaired) electrons. The SMILES string of the molecule is COc1ccc(CN(CCN(C)C)c2ccccn2)cc1.COc1ccc2c3c1O[C@H]1[C@@H](O)C=C[C@H]4[C@@H](C2)N(C)CC[C@@]341.O=C(O)/C=C\C(=O)O.O=P(O)(O)O. The average Bonchev–Trinajstić information content (AvgIpc) is 3.51. The van der Waals surface area contributed by atoms with Gasteiger partial charge in [-0.25, -0.2) is 19.1 Å². The van der Waals surface area contributed by atoms with Crippen LogP contribution >= 0.6 is 7.82 Å². The summed E-state index contributed by atoms with van der Waals surface area (Å²) in [5, 5.41) is 26.2. The predicted molar refractivity (Wildman–Crippen MR) is 208 cm³/mol. The number of phosphoric acid groups is 1. The average molecular weight is 799 g/mol. The third kappa shape index (κ3) is 11.2. The van der Waals surface area contributed by atoms with Crippen LogP contribution in [0.25, 0.3) is 0 Å². The van der Waals surface area contributed by atoms with Crippen LogP contribution in [-0.4, -0.2) is 130 Å². The van der Waals surface area contributed by atoms with Gasteiger partial charge in [-0.2, -0.15) is 0 Å². The molecular formula is C39H51N4O12P.